The molecule has 0 radical (unpaired) electrons. The minimum absolute atomic E-state index is 0.153. The van der Waals surface area contributed by atoms with Crippen molar-refractivity contribution in [2.24, 2.45) is 17.6 Å². The van der Waals surface area contributed by atoms with Crippen LogP contribution in [0.4, 0.5) is 0 Å². The summed E-state index contributed by atoms with van der Waals surface area (Å²) in [7, 11) is 1.59. The average molecular weight is 283 g/mol. The predicted octanol–water partition coefficient (Wildman–Crippen LogP) is 1.17. The van der Waals surface area contributed by atoms with Gasteiger partial charge in [0.25, 0.3) is 0 Å². The van der Waals surface area contributed by atoms with E-state index in [0.717, 1.165) is 12.8 Å². The fourth-order valence-electron chi connectivity index (χ4n) is 2.98. The number of hydrogen-bond acceptors (Lipinski definition) is 3. The van der Waals surface area contributed by atoms with Crippen molar-refractivity contribution in [3.05, 3.63) is 0 Å². The minimum atomic E-state index is -0.819. The van der Waals surface area contributed by atoms with Crippen molar-refractivity contribution in [2.45, 2.75) is 64.5 Å². The van der Waals surface area contributed by atoms with Crippen molar-refractivity contribution in [3.8, 4) is 0 Å². The van der Waals surface area contributed by atoms with Crippen molar-refractivity contribution in [1.29, 1.82) is 0 Å². The number of hydrogen-bond donors (Lipinski definition) is 3. The van der Waals surface area contributed by atoms with Gasteiger partial charge in [0.2, 0.25) is 11.8 Å². The molecule has 0 aliphatic heterocycles. The van der Waals surface area contributed by atoms with Crippen LogP contribution in [0.3, 0.4) is 0 Å². The number of likely N-dealkylation sites (N-methyl/N-ethyl adjacent to an activating group) is 1. The monoisotopic (exact) mass is 283 g/mol. The molecule has 1 fully saturated rings. The maximum Gasteiger partial charge on any atom is 0.242 e. The van der Waals surface area contributed by atoms with Gasteiger partial charge in [-0.2, -0.15) is 0 Å². The van der Waals surface area contributed by atoms with E-state index in [1.54, 1.807) is 7.05 Å². The van der Waals surface area contributed by atoms with Gasteiger partial charge in [-0.3, -0.25) is 9.59 Å². The van der Waals surface area contributed by atoms with Gasteiger partial charge in [-0.25, -0.2) is 0 Å². The molecule has 2 amide bonds. The van der Waals surface area contributed by atoms with Crippen LogP contribution in [0.15, 0.2) is 0 Å². The number of carbonyl (C=O) groups excluding carboxylic acids is 2. The summed E-state index contributed by atoms with van der Waals surface area (Å²) in [5.74, 6) is 0.456. The number of amides is 2. The zero-order chi connectivity index (χ0) is 15.3. The van der Waals surface area contributed by atoms with E-state index in [-0.39, 0.29) is 11.8 Å². The Labute approximate surface area is 122 Å². The highest BCUT2D eigenvalue weighted by Crippen LogP contribution is 2.30. The van der Waals surface area contributed by atoms with Crippen LogP contribution in [0, 0.1) is 11.8 Å². The number of nitrogens with one attached hydrogen (secondary N) is 2. The lowest BCUT2D eigenvalue weighted by molar-refractivity contribution is -0.133. The van der Waals surface area contributed by atoms with Crippen molar-refractivity contribution in [2.75, 3.05) is 7.05 Å². The zero-order valence-corrected chi connectivity index (χ0v) is 13.2. The van der Waals surface area contributed by atoms with Crippen LogP contribution in [0.5, 0.6) is 0 Å². The molecule has 3 atom stereocenters. The summed E-state index contributed by atoms with van der Waals surface area (Å²) >= 11 is 0. The van der Waals surface area contributed by atoms with Gasteiger partial charge in [0.15, 0.2) is 0 Å². The van der Waals surface area contributed by atoms with Gasteiger partial charge >= 0.3 is 0 Å². The Hall–Kier alpha value is -1.10. The minimum Gasteiger partial charge on any atom is -0.357 e. The molecule has 0 spiro atoms. The molecule has 116 valence electrons. The highest BCUT2D eigenvalue weighted by molar-refractivity contribution is 5.92. The highest BCUT2D eigenvalue weighted by Gasteiger charge is 2.39. The Bertz CT molecular complexity index is 357. The topological polar surface area (TPSA) is 84.2 Å². The molecule has 5 nitrogen and oxygen atoms in total. The Kier molecular flexibility index (Phi) is 5.99. The Morgan fingerprint density at radius 3 is 2.55 bits per heavy atom. The van der Waals surface area contributed by atoms with Gasteiger partial charge in [-0.1, -0.05) is 33.6 Å². The first-order valence-corrected chi connectivity index (χ1v) is 7.60. The molecule has 20 heavy (non-hydrogen) atoms. The molecule has 1 aliphatic rings. The molecule has 0 aromatic heterocycles. The normalized spacial score (nSPS) is 28.0. The average Bonchev–Trinajstić information content (AvgIpc) is 2.36. The molecule has 0 heterocycles. The van der Waals surface area contributed by atoms with E-state index in [0.29, 0.717) is 31.1 Å². The predicted molar refractivity (Wildman–Crippen MR) is 80.0 cm³/mol. The van der Waals surface area contributed by atoms with Crippen LogP contribution in [0.25, 0.3) is 0 Å². The molecule has 1 saturated carbocycles. The van der Waals surface area contributed by atoms with Crippen LogP contribution < -0.4 is 16.4 Å². The van der Waals surface area contributed by atoms with Crippen LogP contribution >= 0.6 is 0 Å². The summed E-state index contributed by atoms with van der Waals surface area (Å²) in [6.07, 6.45) is 4.11. The van der Waals surface area contributed by atoms with Crippen LogP contribution in [-0.2, 0) is 9.59 Å². The second kappa shape index (κ2) is 7.07. The maximum atomic E-state index is 12.5. The molecule has 1 aliphatic carbocycles. The fraction of sp³-hybridized carbons (Fsp3) is 0.867. The van der Waals surface area contributed by atoms with E-state index in [4.69, 9.17) is 5.73 Å². The summed E-state index contributed by atoms with van der Waals surface area (Å²) in [6.45, 7) is 6.18. The molecular formula is C15H29N3O2. The maximum absolute atomic E-state index is 12.5. The van der Waals surface area contributed by atoms with Gasteiger partial charge in [0, 0.05) is 7.05 Å². The first-order valence-electron chi connectivity index (χ1n) is 7.60. The lowest BCUT2D eigenvalue weighted by Gasteiger charge is -2.36. The van der Waals surface area contributed by atoms with Gasteiger partial charge < -0.3 is 16.4 Å². The lowest BCUT2D eigenvalue weighted by atomic mass is 9.76. The van der Waals surface area contributed by atoms with Crippen molar-refractivity contribution in [3.63, 3.8) is 0 Å². The summed E-state index contributed by atoms with van der Waals surface area (Å²) < 4.78 is 0. The molecular weight excluding hydrogens is 254 g/mol. The molecule has 0 aromatic carbocycles. The second-order valence-corrected chi connectivity index (χ2v) is 6.63. The van der Waals surface area contributed by atoms with Gasteiger partial charge in [-0.05, 0) is 31.1 Å². The van der Waals surface area contributed by atoms with E-state index in [1.165, 1.54) is 0 Å². The fourth-order valence-corrected chi connectivity index (χ4v) is 2.98. The van der Waals surface area contributed by atoms with E-state index in [9.17, 15) is 9.59 Å². The number of nitrogens with two attached hydrogens (primary N) is 1. The summed E-state index contributed by atoms with van der Waals surface area (Å²) in [5.41, 5.74) is 5.45. The smallest absolute Gasteiger partial charge is 0.242 e. The largest absolute Gasteiger partial charge is 0.357 e. The summed E-state index contributed by atoms with van der Waals surface area (Å²) in [4.78, 5) is 24.3. The van der Waals surface area contributed by atoms with Crippen molar-refractivity contribution < 1.29 is 9.59 Å². The van der Waals surface area contributed by atoms with Gasteiger partial charge in [0.05, 0.1) is 5.54 Å². The zero-order valence-electron chi connectivity index (χ0n) is 13.2. The van der Waals surface area contributed by atoms with Crippen LogP contribution in [0.2, 0.25) is 0 Å². The standard InChI is InChI=1S/C15H29N3O2/c1-10(2)8-12(13(19)17-4)18-14(20)15(16)7-5-6-11(3)9-15/h10-12H,5-9,16H2,1-4H3,(H,17,19)(H,18,20). The molecule has 4 N–H and O–H groups in total. The van der Waals surface area contributed by atoms with E-state index in [2.05, 4.69) is 17.6 Å². The van der Waals surface area contributed by atoms with Crippen molar-refractivity contribution >= 4 is 11.8 Å². The second-order valence-electron chi connectivity index (χ2n) is 6.63. The highest BCUT2D eigenvalue weighted by atomic mass is 16.2. The molecule has 1 rings (SSSR count). The first-order chi connectivity index (χ1) is 9.28. The molecule has 0 bridgehead atoms. The Morgan fingerprint density at radius 1 is 1.40 bits per heavy atom. The van der Waals surface area contributed by atoms with Crippen LogP contribution in [-0.4, -0.2) is 30.4 Å². The molecule has 0 aromatic rings. The quantitative estimate of drug-likeness (QED) is 0.708. The van der Waals surface area contributed by atoms with Crippen molar-refractivity contribution in [1.82, 2.24) is 10.6 Å². The Balaban J connectivity index is 2.71. The summed E-state index contributed by atoms with van der Waals surface area (Å²) in [5, 5.41) is 5.46. The van der Waals surface area contributed by atoms with Gasteiger partial charge in [-0.15, -0.1) is 0 Å². The molecule has 0 saturated heterocycles. The van der Waals surface area contributed by atoms with E-state index < -0.39 is 11.6 Å². The Morgan fingerprint density at radius 2 is 2.05 bits per heavy atom. The van der Waals surface area contributed by atoms with E-state index >= 15 is 0 Å². The van der Waals surface area contributed by atoms with E-state index in [1.807, 2.05) is 13.8 Å². The third-order valence-corrected chi connectivity index (χ3v) is 4.06. The summed E-state index contributed by atoms with van der Waals surface area (Å²) in [6, 6.07) is -0.495. The number of rotatable bonds is 5. The third-order valence-electron chi connectivity index (χ3n) is 4.06. The SMILES string of the molecule is CNC(=O)C(CC(C)C)NC(=O)C1(N)CCCC(C)C1. The first kappa shape index (κ1) is 17.0. The lowest BCUT2D eigenvalue weighted by Crippen LogP contribution is -2.60. The number of carbonyl (C=O) groups is 2. The third kappa shape index (κ3) is 4.47. The molecule has 3 unspecified atom stereocenters. The van der Waals surface area contributed by atoms with Crippen LogP contribution in [0.1, 0.15) is 52.9 Å². The molecule has 5 heteroatoms. The van der Waals surface area contributed by atoms with Gasteiger partial charge in [0.1, 0.15) is 6.04 Å².